The lowest BCUT2D eigenvalue weighted by Crippen LogP contribution is -2.51. The SMILES string of the molecule is CC(C)(C)[C@H](NC(=O)c1nn(CC2CCOCC2)c2ccccc12)C(=O)Nc1cnoc1. The number of nitrogens with zero attached hydrogens (tertiary/aromatic N) is 3. The zero-order chi connectivity index (χ0) is 22.7. The van der Waals surface area contributed by atoms with E-state index >= 15 is 0 Å². The first-order chi connectivity index (χ1) is 15.3. The molecular weight excluding hydrogens is 410 g/mol. The molecule has 1 atom stereocenters. The summed E-state index contributed by atoms with van der Waals surface area (Å²) >= 11 is 0. The van der Waals surface area contributed by atoms with Gasteiger partial charge in [0.2, 0.25) is 5.91 Å². The summed E-state index contributed by atoms with van der Waals surface area (Å²) in [5.74, 6) is -0.271. The zero-order valence-corrected chi connectivity index (χ0v) is 18.6. The molecule has 32 heavy (non-hydrogen) atoms. The fourth-order valence-corrected chi connectivity index (χ4v) is 3.96. The van der Waals surface area contributed by atoms with E-state index in [1.807, 2.05) is 49.7 Å². The number of ether oxygens (including phenoxy) is 1. The van der Waals surface area contributed by atoms with Gasteiger partial charge < -0.3 is 19.9 Å². The molecule has 2 N–H and O–H groups in total. The molecule has 170 valence electrons. The summed E-state index contributed by atoms with van der Waals surface area (Å²) in [6.45, 7) is 7.93. The Bertz CT molecular complexity index is 1080. The number of benzene rings is 1. The zero-order valence-electron chi connectivity index (χ0n) is 18.6. The maximum Gasteiger partial charge on any atom is 0.273 e. The molecule has 9 heteroatoms. The van der Waals surface area contributed by atoms with Gasteiger partial charge in [-0.25, -0.2) is 0 Å². The van der Waals surface area contributed by atoms with Crippen LogP contribution in [0.2, 0.25) is 0 Å². The first-order valence-electron chi connectivity index (χ1n) is 10.9. The first kappa shape index (κ1) is 22.0. The van der Waals surface area contributed by atoms with Crippen LogP contribution in [0.5, 0.6) is 0 Å². The third-order valence-electron chi connectivity index (χ3n) is 5.75. The lowest BCUT2D eigenvalue weighted by molar-refractivity contribution is -0.120. The molecule has 4 rings (SSSR count). The highest BCUT2D eigenvalue weighted by atomic mass is 16.5. The number of fused-ring (bicyclic) bond motifs is 1. The molecule has 0 bridgehead atoms. The Kier molecular flexibility index (Phi) is 6.27. The van der Waals surface area contributed by atoms with Gasteiger partial charge in [-0.3, -0.25) is 14.3 Å². The second kappa shape index (κ2) is 9.12. The van der Waals surface area contributed by atoms with Crippen molar-refractivity contribution in [3.63, 3.8) is 0 Å². The Morgan fingerprint density at radius 1 is 1.22 bits per heavy atom. The van der Waals surface area contributed by atoms with Gasteiger partial charge in [-0.1, -0.05) is 44.1 Å². The minimum atomic E-state index is -0.788. The third-order valence-corrected chi connectivity index (χ3v) is 5.75. The predicted octanol–water partition coefficient (Wildman–Crippen LogP) is 3.23. The summed E-state index contributed by atoms with van der Waals surface area (Å²) in [7, 11) is 0. The Morgan fingerprint density at radius 3 is 2.66 bits per heavy atom. The highest BCUT2D eigenvalue weighted by molar-refractivity contribution is 6.07. The first-order valence-corrected chi connectivity index (χ1v) is 10.9. The second-order valence-electron chi connectivity index (χ2n) is 9.28. The Labute approximate surface area is 186 Å². The maximum atomic E-state index is 13.3. The highest BCUT2D eigenvalue weighted by Gasteiger charge is 2.34. The van der Waals surface area contributed by atoms with Gasteiger partial charge in [-0.05, 0) is 30.2 Å². The Balaban J connectivity index is 1.58. The molecule has 0 radical (unpaired) electrons. The van der Waals surface area contributed by atoms with Crippen LogP contribution in [0.4, 0.5) is 5.69 Å². The third kappa shape index (κ3) is 4.83. The van der Waals surface area contributed by atoms with Gasteiger partial charge in [0.05, 0.1) is 11.7 Å². The van der Waals surface area contributed by atoms with Crippen LogP contribution in [-0.4, -0.2) is 46.0 Å². The van der Waals surface area contributed by atoms with Gasteiger partial charge in [0.1, 0.15) is 18.0 Å². The van der Waals surface area contributed by atoms with E-state index < -0.39 is 11.5 Å². The molecule has 3 heterocycles. The average Bonchev–Trinajstić information content (AvgIpc) is 3.40. The van der Waals surface area contributed by atoms with Gasteiger partial charge >= 0.3 is 0 Å². The molecule has 1 aromatic carbocycles. The lowest BCUT2D eigenvalue weighted by Gasteiger charge is -2.29. The van der Waals surface area contributed by atoms with Gasteiger partial charge in [0.25, 0.3) is 5.91 Å². The van der Waals surface area contributed by atoms with Crippen molar-refractivity contribution in [1.29, 1.82) is 0 Å². The predicted molar refractivity (Wildman–Crippen MR) is 119 cm³/mol. The van der Waals surface area contributed by atoms with Crippen LogP contribution in [0.3, 0.4) is 0 Å². The van der Waals surface area contributed by atoms with E-state index in [1.165, 1.54) is 12.5 Å². The van der Waals surface area contributed by atoms with Crippen LogP contribution in [0.25, 0.3) is 10.9 Å². The van der Waals surface area contributed by atoms with E-state index in [0.29, 0.717) is 17.3 Å². The van der Waals surface area contributed by atoms with E-state index in [2.05, 4.69) is 20.9 Å². The van der Waals surface area contributed by atoms with E-state index in [0.717, 1.165) is 43.5 Å². The molecule has 1 aliphatic rings. The molecule has 0 aliphatic carbocycles. The molecule has 3 aromatic rings. The summed E-state index contributed by atoms with van der Waals surface area (Å²) in [6, 6.07) is 6.90. The number of nitrogens with one attached hydrogen (secondary N) is 2. The van der Waals surface area contributed by atoms with E-state index in [4.69, 9.17) is 9.26 Å². The number of hydrogen-bond acceptors (Lipinski definition) is 6. The highest BCUT2D eigenvalue weighted by Crippen LogP contribution is 2.25. The van der Waals surface area contributed by atoms with Crippen LogP contribution in [0.15, 0.2) is 41.2 Å². The summed E-state index contributed by atoms with van der Waals surface area (Å²) in [4.78, 5) is 26.2. The molecule has 9 nitrogen and oxygen atoms in total. The van der Waals surface area contributed by atoms with Crippen LogP contribution >= 0.6 is 0 Å². The largest absolute Gasteiger partial charge is 0.381 e. The number of anilines is 1. The maximum absolute atomic E-state index is 13.3. The van der Waals surface area contributed by atoms with Crippen LogP contribution in [0.1, 0.15) is 44.1 Å². The molecule has 0 spiro atoms. The molecule has 0 saturated carbocycles. The number of para-hydroxylation sites is 1. The van der Waals surface area contributed by atoms with Crippen molar-refractivity contribution < 1.29 is 18.8 Å². The molecular formula is C23H29N5O4. The van der Waals surface area contributed by atoms with E-state index in [1.54, 1.807) is 0 Å². The van der Waals surface area contributed by atoms with Gasteiger partial charge in [0, 0.05) is 25.1 Å². The van der Waals surface area contributed by atoms with Crippen LogP contribution < -0.4 is 10.6 Å². The van der Waals surface area contributed by atoms with E-state index in [-0.39, 0.29) is 11.8 Å². The van der Waals surface area contributed by atoms with Gasteiger partial charge in [-0.2, -0.15) is 5.10 Å². The fourth-order valence-electron chi connectivity index (χ4n) is 3.96. The number of carbonyl (C=O) groups excluding carboxylic acids is 2. The van der Waals surface area contributed by atoms with Crippen molar-refractivity contribution >= 4 is 28.4 Å². The summed E-state index contributed by atoms with van der Waals surface area (Å²) < 4.78 is 12.1. The summed E-state index contributed by atoms with van der Waals surface area (Å²) in [5.41, 5.74) is 1.13. The van der Waals surface area contributed by atoms with E-state index in [9.17, 15) is 9.59 Å². The lowest BCUT2D eigenvalue weighted by atomic mass is 9.86. The average molecular weight is 440 g/mol. The molecule has 0 unspecified atom stereocenters. The smallest absolute Gasteiger partial charge is 0.273 e. The number of amides is 2. The van der Waals surface area contributed by atoms with Crippen molar-refractivity contribution in [2.75, 3.05) is 18.5 Å². The molecule has 2 amide bonds. The topological polar surface area (TPSA) is 111 Å². The van der Waals surface area contributed by atoms with Crippen molar-refractivity contribution in [3.05, 3.63) is 42.4 Å². The number of carbonyl (C=O) groups is 2. The van der Waals surface area contributed by atoms with Crippen molar-refractivity contribution in [3.8, 4) is 0 Å². The quantitative estimate of drug-likeness (QED) is 0.610. The Hall–Kier alpha value is -3.20. The van der Waals surface area contributed by atoms with Crippen molar-refractivity contribution in [2.24, 2.45) is 11.3 Å². The summed E-state index contributed by atoms with van der Waals surface area (Å²) in [6.07, 6.45) is 4.70. The number of aromatic nitrogens is 3. The van der Waals surface area contributed by atoms with Crippen LogP contribution in [0, 0.1) is 11.3 Å². The number of hydrogen-bond donors (Lipinski definition) is 2. The van der Waals surface area contributed by atoms with Gasteiger partial charge in [-0.15, -0.1) is 0 Å². The Morgan fingerprint density at radius 2 is 1.97 bits per heavy atom. The minimum Gasteiger partial charge on any atom is -0.381 e. The summed E-state index contributed by atoms with van der Waals surface area (Å²) in [5, 5.41) is 14.7. The fraction of sp³-hybridized carbons (Fsp3) is 0.478. The second-order valence-corrected chi connectivity index (χ2v) is 9.28. The molecule has 1 fully saturated rings. The molecule has 2 aromatic heterocycles. The van der Waals surface area contributed by atoms with Crippen LogP contribution in [-0.2, 0) is 16.1 Å². The van der Waals surface area contributed by atoms with Crippen molar-refractivity contribution in [1.82, 2.24) is 20.3 Å². The molecule has 1 saturated heterocycles. The normalized spacial score (nSPS) is 16.1. The number of rotatable bonds is 6. The minimum absolute atomic E-state index is 0.319. The van der Waals surface area contributed by atoms with Gasteiger partial charge in [0.15, 0.2) is 5.69 Å². The molecule has 1 aliphatic heterocycles. The monoisotopic (exact) mass is 439 g/mol. The van der Waals surface area contributed by atoms with Crippen molar-refractivity contribution in [2.45, 2.75) is 46.2 Å². The standard InChI is InChI=1S/C23H29N5O4/c1-23(2,3)20(22(30)25-16-12-24-32-14-16)26-21(29)19-17-6-4-5-7-18(17)28(27-19)13-15-8-10-31-11-9-15/h4-7,12,14-15,20H,8-11,13H2,1-3H3,(H,25,30)(H,26,29)/t20-/m1/s1.